The van der Waals surface area contributed by atoms with Crippen molar-refractivity contribution >= 4 is 51.2 Å². The second-order valence-corrected chi connectivity index (χ2v) is 8.07. The average Bonchev–Trinajstić information content (AvgIpc) is 3.10. The number of para-hydroxylation sites is 1. The Labute approximate surface area is 162 Å². The third-order valence-electron chi connectivity index (χ3n) is 4.69. The SMILES string of the molecule is Cc1ccccc1Cn1cc(C=C2SC(=S)N(C)C2=O)c2ccccc21. The van der Waals surface area contributed by atoms with Gasteiger partial charge >= 0.3 is 0 Å². The minimum atomic E-state index is -0.0317. The fraction of sp³-hybridized carbons (Fsp3) is 0.143. The molecule has 0 radical (unpaired) electrons. The van der Waals surface area contributed by atoms with E-state index >= 15 is 0 Å². The number of hydrogen-bond donors (Lipinski definition) is 0. The molecule has 0 N–H and O–H groups in total. The number of rotatable bonds is 3. The van der Waals surface area contributed by atoms with E-state index < -0.39 is 0 Å². The first-order valence-corrected chi connectivity index (χ1v) is 9.61. The molecule has 3 aromatic rings. The Kier molecular flexibility index (Phi) is 4.42. The van der Waals surface area contributed by atoms with Crippen LogP contribution in [-0.2, 0) is 11.3 Å². The Hall–Kier alpha value is -2.37. The molecule has 5 heteroatoms. The highest BCUT2D eigenvalue weighted by molar-refractivity contribution is 8.26. The summed E-state index contributed by atoms with van der Waals surface area (Å²) in [4.78, 5) is 14.5. The summed E-state index contributed by atoms with van der Waals surface area (Å²) in [5.74, 6) is -0.0317. The van der Waals surface area contributed by atoms with Gasteiger partial charge < -0.3 is 4.57 Å². The fourth-order valence-electron chi connectivity index (χ4n) is 3.18. The van der Waals surface area contributed by atoms with Crippen molar-refractivity contribution in [2.45, 2.75) is 13.5 Å². The van der Waals surface area contributed by atoms with Crippen LogP contribution < -0.4 is 0 Å². The Bertz CT molecular complexity index is 1060. The maximum Gasteiger partial charge on any atom is 0.265 e. The van der Waals surface area contributed by atoms with Gasteiger partial charge in [0.25, 0.3) is 5.91 Å². The number of aromatic nitrogens is 1. The zero-order valence-electron chi connectivity index (χ0n) is 14.6. The molecular formula is C21H18N2OS2. The molecule has 0 aliphatic carbocycles. The average molecular weight is 379 g/mol. The van der Waals surface area contributed by atoms with Crippen LogP contribution in [0.5, 0.6) is 0 Å². The summed E-state index contributed by atoms with van der Waals surface area (Å²) >= 11 is 6.60. The second kappa shape index (κ2) is 6.74. The van der Waals surface area contributed by atoms with Crippen molar-refractivity contribution in [1.82, 2.24) is 9.47 Å². The highest BCUT2D eigenvalue weighted by Crippen LogP contribution is 2.33. The largest absolute Gasteiger partial charge is 0.342 e. The van der Waals surface area contributed by atoms with Crippen LogP contribution in [0.3, 0.4) is 0 Å². The van der Waals surface area contributed by atoms with Crippen LogP contribution in [-0.4, -0.2) is 26.7 Å². The molecule has 1 aliphatic rings. The number of nitrogens with zero attached hydrogens (tertiary/aromatic N) is 2. The minimum absolute atomic E-state index is 0.0317. The van der Waals surface area contributed by atoms with Gasteiger partial charge in [-0.2, -0.15) is 0 Å². The highest BCUT2D eigenvalue weighted by Gasteiger charge is 2.29. The van der Waals surface area contributed by atoms with Crippen molar-refractivity contribution in [2.24, 2.45) is 0 Å². The van der Waals surface area contributed by atoms with Crippen LogP contribution in [0, 0.1) is 6.92 Å². The molecule has 0 unspecified atom stereocenters. The molecule has 1 aromatic heterocycles. The van der Waals surface area contributed by atoms with E-state index in [9.17, 15) is 4.79 Å². The highest BCUT2D eigenvalue weighted by atomic mass is 32.2. The van der Waals surface area contributed by atoms with Gasteiger partial charge in [0.05, 0.1) is 4.91 Å². The van der Waals surface area contributed by atoms with E-state index in [2.05, 4.69) is 54.1 Å². The summed E-state index contributed by atoms with van der Waals surface area (Å²) in [6, 6.07) is 16.7. The summed E-state index contributed by atoms with van der Waals surface area (Å²) in [6.07, 6.45) is 4.08. The van der Waals surface area contributed by atoms with Gasteiger partial charge in [0, 0.05) is 36.3 Å². The number of hydrogen-bond acceptors (Lipinski definition) is 3. The molecule has 0 atom stereocenters. The molecule has 1 fully saturated rings. The first kappa shape index (κ1) is 17.1. The number of benzene rings is 2. The van der Waals surface area contributed by atoms with Gasteiger partial charge in [-0.3, -0.25) is 9.69 Å². The number of fused-ring (bicyclic) bond motifs is 1. The van der Waals surface area contributed by atoms with Crippen LogP contribution in [0.1, 0.15) is 16.7 Å². The van der Waals surface area contributed by atoms with Gasteiger partial charge in [-0.1, -0.05) is 66.4 Å². The van der Waals surface area contributed by atoms with E-state index in [-0.39, 0.29) is 5.91 Å². The van der Waals surface area contributed by atoms with Gasteiger partial charge in [0.1, 0.15) is 4.32 Å². The van der Waals surface area contributed by atoms with Crippen LogP contribution in [0.4, 0.5) is 0 Å². The Morgan fingerprint density at radius 1 is 1.12 bits per heavy atom. The molecule has 2 aromatic carbocycles. The maximum absolute atomic E-state index is 12.3. The zero-order valence-corrected chi connectivity index (χ0v) is 16.2. The van der Waals surface area contributed by atoms with Crippen molar-refractivity contribution in [3.8, 4) is 0 Å². The van der Waals surface area contributed by atoms with E-state index in [1.807, 2.05) is 18.2 Å². The van der Waals surface area contributed by atoms with E-state index in [1.165, 1.54) is 27.8 Å². The molecular weight excluding hydrogens is 360 g/mol. The number of carbonyl (C=O) groups is 1. The predicted octanol–water partition coefficient (Wildman–Crippen LogP) is 4.83. The van der Waals surface area contributed by atoms with Gasteiger partial charge in [0.2, 0.25) is 0 Å². The maximum atomic E-state index is 12.3. The van der Waals surface area contributed by atoms with Crippen molar-refractivity contribution in [1.29, 1.82) is 0 Å². The normalized spacial score (nSPS) is 16.2. The third kappa shape index (κ3) is 2.97. The fourth-order valence-corrected chi connectivity index (χ4v) is 4.35. The van der Waals surface area contributed by atoms with Gasteiger partial charge in [-0.25, -0.2) is 0 Å². The lowest BCUT2D eigenvalue weighted by atomic mass is 10.1. The lowest BCUT2D eigenvalue weighted by Crippen LogP contribution is -2.22. The lowest BCUT2D eigenvalue weighted by Gasteiger charge is -2.08. The Morgan fingerprint density at radius 3 is 2.58 bits per heavy atom. The van der Waals surface area contributed by atoms with Crippen LogP contribution in [0.25, 0.3) is 17.0 Å². The Morgan fingerprint density at radius 2 is 1.85 bits per heavy atom. The molecule has 2 heterocycles. The summed E-state index contributed by atoms with van der Waals surface area (Å²) in [5, 5.41) is 1.14. The number of carbonyl (C=O) groups excluding carboxylic acids is 1. The van der Waals surface area contributed by atoms with Crippen LogP contribution in [0.2, 0.25) is 0 Å². The molecule has 0 bridgehead atoms. The standard InChI is InChI=1S/C21H18N2OS2/c1-14-7-3-4-8-15(14)12-23-13-16(17-9-5-6-10-18(17)23)11-19-20(24)22(2)21(25)26-19/h3-11,13H,12H2,1-2H3. The predicted molar refractivity (Wildman–Crippen MR) is 113 cm³/mol. The first-order valence-electron chi connectivity index (χ1n) is 8.38. The summed E-state index contributed by atoms with van der Waals surface area (Å²) in [5.41, 5.74) is 4.77. The summed E-state index contributed by atoms with van der Waals surface area (Å²) in [6.45, 7) is 2.93. The number of thiocarbonyl (C=S) groups is 1. The van der Waals surface area contributed by atoms with Crippen molar-refractivity contribution < 1.29 is 4.79 Å². The minimum Gasteiger partial charge on any atom is -0.342 e. The molecule has 1 aliphatic heterocycles. The number of amides is 1. The lowest BCUT2D eigenvalue weighted by molar-refractivity contribution is -0.121. The van der Waals surface area contributed by atoms with Gasteiger partial charge in [-0.15, -0.1) is 0 Å². The monoisotopic (exact) mass is 378 g/mol. The van der Waals surface area contributed by atoms with Crippen LogP contribution in [0.15, 0.2) is 59.6 Å². The molecule has 26 heavy (non-hydrogen) atoms. The van der Waals surface area contributed by atoms with E-state index in [0.29, 0.717) is 9.23 Å². The third-order valence-corrected chi connectivity index (χ3v) is 6.18. The quantitative estimate of drug-likeness (QED) is 0.482. The molecule has 130 valence electrons. The Balaban J connectivity index is 1.79. The number of likely N-dealkylation sites (N-methyl/N-ethyl adjacent to an activating group) is 1. The van der Waals surface area contributed by atoms with E-state index in [0.717, 1.165) is 23.0 Å². The molecule has 1 amide bonds. The number of thioether (sulfide) groups is 1. The summed E-state index contributed by atoms with van der Waals surface area (Å²) in [7, 11) is 1.72. The summed E-state index contributed by atoms with van der Waals surface area (Å²) < 4.78 is 2.85. The van der Waals surface area contributed by atoms with Crippen molar-refractivity contribution in [3.63, 3.8) is 0 Å². The van der Waals surface area contributed by atoms with E-state index in [1.54, 1.807) is 7.05 Å². The van der Waals surface area contributed by atoms with E-state index in [4.69, 9.17) is 12.2 Å². The first-order chi connectivity index (χ1) is 12.5. The second-order valence-electron chi connectivity index (χ2n) is 6.40. The molecule has 3 nitrogen and oxygen atoms in total. The smallest absolute Gasteiger partial charge is 0.265 e. The van der Waals surface area contributed by atoms with Crippen molar-refractivity contribution in [3.05, 3.63) is 76.3 Å². The van der Waals surface area contributed by atoms with Gasteiger partial charge in [-0.05, 0) is 30.2 Å². The number of aryl methyl sites for hydroxylation is 1. The molecule has 0 spiro atoms. The molecule has 4 rings (SSSR count). The molecule has 1 saturated heterocycles. The molecule has 0 saturated carbocycles. The topological polar surface area (TPSA) is 25.2 Å². The van der Waals surface area contributed by atoms with Crippen molar-refractivity contribution in [2.75, 3.05) is 7.05 Å². The van der Waals surface area contributed by atoms with Gasteiger partial charge in [0.15, 0.2) is 0 Å². The van der Waals surface area contributed by atoms with Crippen LogP contribution >= 0.6 is 24.0 Å². The zero-order chi connectivity index (χ0) is 18.3.